The van der Waals surface area contributed by atoms with Gasteiger partial charge in [-0.2, -0.15) is 0 Å². The average Bonchev–Trinajstić information content (AvgIpc) is 2.36. The highest BCUT2D eigenvalue weighted by atomic mass is 16.3. The van der Waals surface area contributed by atoms with E-state index in [1.165, 1.54) is 19.3 Å². The Morgan fingerprint density at radius 2 is 1.86 bits per heavy atom. The Hall–Kier alpha value is -0.630. The summed E-state index contributed by atoms with van der Waals surface area (Å²) >= 11 is 0. The first-order chi connectivity index (χ1) is 10.1. The lowest BCUT2D eigenvalue weighted by Gasteiger charge is -2.61. The van der Waals surface area contributed by atoms with Crippen molar-refractivity contribution in [1.82, 2.24) is 0 Å². The zero-order valence-electron chi connectivity index (χ0n) is 15.1. The van der Waals surface area contributed by atoms with Crippen LogP contribution in [0.25, 0.3) is 0 Å². The minimum absolute atomic E-state index is 0.227. The van der Waals surface area contributed by atoms with E-state index in [2.05, 4.69) is 20.8 Å². The minimum atomic E-state index is -0.569. The van der Waals surface area contributed by atoms with Gasteiger partial charge in [-0.1, -0.05) is 32.8 Å². The Bertz CT molecular complexity index is 447. The molecule has 2 fully saturated rings. The standard InChI is InChI=1S/C20H34O2/c1-15(10-14-21)7-8-17-19(4)12-6-11-18(2,3)16(19)9-13-20(17,5)22/h10,14,16-17,22H,6-9,11-13H2,1-5H3/b15-10+/t16-,17+,19-,20-/m0/s1. The number of allylic oxidation sites excluding steroid dienone is 2. The van der Waals surface area contributed by atoms with E-state index in [-0.39, 0.29) is 5.41 Å². The van der Waals surface area contributed by atoms with Crippen molar-refractivity contribution in [1.29, 1.82) is 0 Å². The lowest BCUT2D eigenvalue weighted by Crippen LogP contribution is -2.57. The Kier molecular flexibility index (Phi) is 4.92. The number of carbonyl (C=O) groups excluding carboxylic acids is 1. The van der Waals surface area contributed by atoms with Crippen LogP contribution in [0.3, 0.4) is 0 Å². The molecule has 1 N–H and O–H groups in total. The normalized spacial score (nSPS) is 41.8. The van der Waals surface area contributed by atoms with Crippen LogP contribution in [0.1, 0.15) is 79.6 Å². The van der Waals surface area contributed by atoms with E-state index in [0.717, 1.165) is 37.5 Å². The number of aliphatic hydroxyl groups is 1. The maximum Gasteiger partial charge on any atom is 0.142 e. The molecule has 4 atom stereocenters. The van der Waals surface area contributed by atoms with Gasteiger partial charge in [-0.25, -0.2) is 0 Å². The van der Waals surface area contributed by atoms with Gasteiger partial charge in [0.2, 0.25) is 0 Å². The van der Waals surface area contributed by atoms with Crippen LogP contribution in [0.5, 0.6) is 0 Å². The van der Waals surface area contributed by atoms with E-state index in [0.29, 0.717) is 17.3 Å². The van der Waals surface area contributed by atoms with Crippen LogP contribution in [0, 0.1) is 22.7 Å². The monoisotopic (exact) mass is 306 g/mol. The molecule has 0 unspecified atom stereocenters. The summed E-state index contributed by atoms with van der Waals surface area (Å²) in [7, 11) is 0. The zero-order chi connectivity index (χ0) is 16.6. The Morgan fingerprint density at radius 1 is 1.18 bits per heavy atom. The molecule has 22 heavy (non-hydrogen) atoms. The van der Waals surface area contributed by atoms with E-state index in [4.69, 9.17) is 0 Å². The van der Waals surface area contributed by atoms with Gasteiger partial charge < -0.3 is 5.11 Å². The van der Waals surface area contributed by atoms with Crippen LogP contribution >= 0.6 is 0 Å². The van der Waals surface area contributed by atoms with Gasteiger partial charge in [0.15, 0.2) is 0 Å². The summed E-state index contributed by atoms with van der Waals surface area (Å²) in [6, 6.07) is 0. The van der Waals surface area contributed by atoms with Gasteiger partial charge in [-0.05, 0) is 81.1 Å². The molecule has 2 saturated carbocycles. The summed E-state index contributed by atoms with van der Waals surface area (Å²) in [6.45, 7) is 11.3. The molecule has 2 heteroatoms. The quantitative estimate of drug-likeness (QED) is 0.592. The first-order valence-electron chi connectivity index (χ1n) is 8.97. The molecule has 0 aromatic heterocycles. The zero-order valence-corrected chi connectivity index (χ0v) is 15.1. The third-order valence-electron chi connectivity index (χ3n) is 6.94. The lowest BCUT2D eigenvalue weighted by molar-refractivity contribution is -0.168. The largest absolute Gasteiger partial charge is 0.390 e. The number of hydrogen-bond acceptors (Lipinski definition) is 2. The van der Waals surface area contributed by atoms with Gasteiger partial charge >= 0.3 is 0 Å². The van der Waals surface area contributed by atoms with Gasteiger partial charge in [-0.15, -0.1) is 0 Å². The highest BCUT2D eigenvalue weighted by Crippen LogP contribution is 2.62. The van der Waals surface area contributed by atoms with E-state index in [9.17, 15) is 9.90 Å². The van der Waals surface area contributed by atoms with Gasteiger partial charge in [-0.3, -0.25) is 4.79 Å². The molecule has 0 heterocycles. The molecule has 126 valence electrons. The number of fused-ring (bicyclic) bond motifs is 1. The summed E-state index contributed by atoms with van der Waals surface area (Å²) in [5.74, 6) is 1.03. The molecular weight excluding hydrogens is 272 g/mol. The van der Waals surface area contributed by atoms with Crippen LogP contribution in [-0.2, 0) is 4.79 Å². The van der Waals surface area contributed by atoms with Gasteiger partial charge in [0.05, 0.1) is 5.60 Å². The van der Waals surface area contributed by atoms with Crippen molar-refractivity contribution in [2.75, 3.05) is 0 Å². The van der Waals surface area contributed by atoms with Gasteiger partial charge in [0.25, 0.3) is 0 Å². The Labute approximate surface area is 136 Å². The highest BCUT2D eigenvalue weighted by Gasteiger charge is 2.57. The molecule has 0 amide bonds. The second kappa shape index (κ2) is 6.11. The molecule has 2 rings (SSSR count). The van der Waals surface area contributed by atoms with E-state index < -0.39 is 5.60 Å². The fourth-order valence-corrected chi connectivity index (χ4v) is 5.84. The fourth-order valence-electron chi connectivity index (χ4n) is 5.84. The fraction of sp³-hybridized carbons (Fsp3) is 0.850. The summed E-state index contributed by atoms with van der Waals surface area (Å²) in [5.41, 5.74) is 1.17. The third-order valence-corrected chi connectivity index (χ3v) is 6.94. The number of aldehydes is 1. The SMILES string of the molecule is C/C(=C\C=O)CC[C@@H]1[C@@]2(C)CCCC(C)(C)[C@@H]2CC[C@]1(C)O. The molecule has 0 radical (unpaired) electrons. The number of hydrogen-bond donors (Lipinski definition) is 1. The number of rotatable bonds is 4. The third kappa shape index (κ3) is 3.18. The molecule has 0 saturated heterocycles. The van der Waals surface area contributed by atoms with Crippen molar-refractivity contribution in [2.45, 2.75) is 85.2 Å². The van der Waals surface area contributed by atoms with Crippen molar-refractivity contribution in [3.63, 3.8) is 0 Å². The van der Waals surface area contributed by atoms with Crippen LogP contribution in [0.2, 0.25) is 0 Å². The van der Waals surface area contributed by atoms with Crippen molar-refractivity contribution < 1.29 is 9.90 Å². The second-order valence-corrected chi connectivity index (χ2v) is 9.04. The first kappa shape index (κ1) is 17.7. The maximum absolute atomic E-state index is 11.1. The second-order valence-electron chi connectivity index (χ2n) is 9.04. The van der Waals surface area contributed by atoms with Gasteiger partial charge in [0, 0.05) is 0 Å². The molecule has 0 aromatic carbocycles. The Morgan fingerprint density at radius 3 is 2.50 bits per heavy atom. The van der Waals surface area contributed by atoms with E-state index in [1.807, 2.05) is 13.8 Å². The highest BCUT2D eigenvalue weighted by molar-refractivity contribution is 5.65. The summed E-state index contributed by atoms with van der Waals surface area (Å²) in [4.78, 5) is 10.6. The van der Waals surface area contributed by atoms with Crippen LogP contribution in [-0.4, -0.2) is 17.0 Å². The van der Waals surface area contributed by atoms with Crippen molar-refractivity contribution >= 4 is 6.29 Å². The minimum Gasteiger partial charge on any atom is -0.390 e. The Balaban J connectivity index is 2.26. The van der Waals surface area contributed by atoms with Crippen LogP contribution < -0.4 is 0 Å². The molecule has 0 aromatic rings. The summed E-state index contributed by atoms with van der Waals surface area (Å²) < 4.78 is 0. The molecule has 2 aliphatic carbocycles. The van der Waals surface area contributed by atoms with Crippen molar-refractivity contribution in [3.8, 4) is 0 Å². The maximum atomic E-state index is 11.1. The van der Waals surface area contributed by atoms with E-state index >= 15 is 0 Å². The van der Waals surface area contributed by atoms with Crippen molar-refractivity contribution in [2.24, 2.45) is 22.7 Å². The summed E-state index contributed by atoms with van der Waals surface area (Å²) in [6.07, 6.45) is 10.3. The van der Waals surface area contributed by atoms with Crippen LogP contribution in [0.4, 0.5) is 0 Å². The number of carbonyl (C=O) groups is 1. The van der Waals surface area contributed by atoms with E-state index in [1.54, 1.807) is 6.08 Å². The average molecular weight is 306 g/mol. The van der Waals surface area contributed by atoms with Gasteiger partial charge in [0.1, 0.15) is 6.29 Å². The smallest absolute Gasteiger partial charge is 0.142 e. The topological polar surface area (TPSA) is 37.3 Å². The lowest BCUT2D eigenvalue weighted by atomic mass is 9.45. The molecular formula is C20H34O2. The van der Waals surface area contributed by atoms with Crippen molar-refractivity contribution in [3.05, 3.63) is 11.6 Å². The molecule has 0 bridgehead atoms. The predicted octanol–water partition coefficient (Wildman–Crippen LogP) is 4.91. The molecule has 0 aliphatic heterocycles. The molecule has 2 nitrogen and oxygen atoms in total. The predicted molar refractivity (Wildman–Crippen MR) is 91.6 cm³/mol. The first-order valence-corrected chi connectivity index (χ1v) is 8.97. The molecule has 2 aliphatic rings. The molecule has 0 spiro atoms. The van der Waals surface area contributed by atoms with Crippen LogP contribution in [0.15, 0.2) is 11.6 Å². The summed E-state index contributed by atoms with van der Waals surface area (Å²) in [5, 5.41) is 11.1.